The molecule has 1 unspecified atom stereocenters. The summed E-state index contributed by atoms with van der Waals surface area (Å²) in [5.41, 5.74) is 0. The zero-order valence-electron chi connectivity index (χ0n) is 9.17. The van der Waals surface area contributed by atoms with Crippen LogP contribution in [0, 0.1) is 11.8 Å². The van der Waals surface area contributed by atoms with E-state index < -0.39 is 5.91 Å². The maximum absolute atomic E-state index is 11.6. The summed E-state index contributed by atoms with van der Waals surface area (Å²) in [4.78, 5) is 24.4. The summed E-state index contributed by atoms with van der Waals surface area (Å²) in [6, 6.07) is 0.298. The Morgan fingerprint density at radius 1 is 1.53 bits per heavy atom. The fraction of sp³-hybridized carbons (Fsp3) is 0.636. The molecule has 0 saturated carbocycles. The van der Waals surface area contributed by atoms with Gasteiger partial charge in [0.05, 0.1) is 6.54 Å². The molecule has 1 aliphatic heterocycles. The first-order chi connectivity index (χ1) is 7.15. The Morgan fingerprint density at radius 2 is 2.27 bits per heavy atom. The molecule has 0 spiro atoms. The smallest absolute Gasteiger partial charge is 0.296 e. The SMILES string of the molecule is CC#CC(=O)NCC(=O)N1CCCC1C. The van der Waals surface area contributed by atoms with E-state index in [0.29, 0.717) is 6.04 Å². The van der Waals surface area contributed by atoms with Crippen LogP contribution in [-0.4, -0.2) is 35.8 Å². The first-order valence-electron chi connectivity index (χ1n) is 5.15. The van der Waals surface area contributed by atoms with E-state index in [1.807, 2.05) is 6.92 Å². The normalized spacial score (nSPS) is 19.3. The third-order valence-corrected chi connectivity index (χ3v) is 2.51. The number of hydrogen-bond acceptors (Lipinski definition) is 2. The third kappa shape index (κ3) is 3.28. The number of likely N-dealkylation sites (tertiary alicyclic amines) is 1. The molecular formula is C11H16N2O2. The van der Waals surface area contributed by atoms with E-state index in [9.17, 15) is 9.59 Å². The first kappa shape index (κ1) is 11.6. The molecule has 1 heterocycles. The van der Waals surface area contributed by atoms with Gasteiger partial charge in [-0.3, -0.25) is 9.59 Å². The van der Waals surface area contributed by atoms with Crippen molar-refractivity contribution in [3.63, 3.8) is 0 Å². The minimum atomic E-state index is -0.391. The molecule has 0 aromatic carbocycles. The number of amides is 2. The Kier molecular flexibility index (Phi) is 4.17. The van der Waals surface area contributed by atoms with Crippen LogP contribution in [0.15, 0.2) is 0 Å². The molecule has 1 saturated heterocycles. The molecule has 4 nitrogen and oxygen atoms in total. The average molecular weight is 208 g/mol. The predicted molar refractivity (Wildman–Crippen MR) is 56.9 cm³/mol. The van der Waals surface area contributed by atoms with E-state index in [4.69, 9.17) is 0 Å². The molecule has 1 atom stereocenters. The second kappa shape index (κ2) is 5.40. The van der Waals surface area contributed by atoms with Gasteiger partial charge in [-0.15, -0.1) is 0 Å². The summed E-state index contributed by atoms with van der Waals surface area (Å²) < 4.78 is 0. The van der Waals surface area contributed by atoms with Crippen LogP contribution in [-0.2, 0) is 9.59 Å². The van der Waals surface area contributed by atoms with Crippen molar-refractivity contribution in [3.8, 4) is 11.8 Å². The molecule has 4 heteroatoms. The summed E-state index contributed by atoms with van der Waals surface area (Å²) in [5, 5.41) is 2.48. The highest BCUT2D eigenvalue weighted by Gasteiger charge is 2.24. The summed E-state index contributed by atoms with van der Waals surface area (Å²) in [7, 11) is 0. The molecule has 1 fully saturated rings. The van der Waals surface area contributed by atoms with Crippen molar-refractivity contribution in [3.05, 3.63) is 0 Å². The Hall–Kier alpha value is -1.50. The quantitative estimate of drug-likeness (QED) is 0.656. The number of rotatable bonds is 2. The lowest BCUT2D eigenvalue weighted by Crippen LogP contribution is -2.41. The molecular weight excluding hydrogens is 192 g/mol. The highest BCUT2D eigenvalue weighted by Crippen LogP contribution is 2.15. The Bertz CT molecular complexity index is 314. The van der Waals surface area contributed by atoms with Gasteiger partial charge in [-0.2, -0.15) is 0 Å². The lowest BCUT2D eigenvalue weighted by atomic mass is 10.2. The van der Waals surface area contributed by atoms with Gasteiger partial charge in [0.25, 0.3) is 5.91 Å². The fourth-order valence-corrected chi connectivity index (χ4v) is 1.72. The van der Waals surface area contributed by atoms with E-state index in [0.717, 1.165) is 19.4 Å². The van der Waals surface area contributed by atoms with E-state index in [2.05, 4.69) is 17.2 Å². The molecule has 0 aromatic heterocycles. The number of hydrogen-bond donors (Lipinski definition) is 1. The first-order valence-corrected chi connectivity index (χ1v) is 5.15. The minimum Gasteiger partial charge on any atom is -0.338 e. The highest BCUT2D eigenvalue weighted by atomic mass is 16.2. The van der Waals surface area contributed by atoms with E-state index >= 15 is 0 Å². The van der Waals surface area contributed by atoms with Crippen molar-refractivity contribution in [1.82, 2.24) is 10.2 Å². The number of carbonyl (C=O) groups is 2. The largest absolute Gasteiger partial charge is 0.338 e. The van der Waals surface area contributed by atoms with Crippen molar-refractivity contribution in [1.29, 1.82) is 0 Å². The van der Waals surface area contributed by atoms with Crippen molar-refractivity contribution >= 4 is 11.8 Å². The Morgan fingerprint density at radius 3 is 2.80 bits per heavy atom. The molecule has 1 N–H and O–H groups in total. The maximum Gasteiger partial charge on any atom is 0.296 e. The van der Waals surface area contributed by atoms with Crippen LogP contribution in [0.4, 0.5) is 0 Å². The fourth-order valence-electron chi connectivity index (χ4n) is 1.72. The Balaban J connectivity index is 2.35. The second-order valence-corrected chi connectivity index (χ2v) is 3.64. The molecule has 15 heavy (non-hydrogen) atoms. The molecule has 1 rings (SSSR count). The molecule has 82 valence electrons. The van der Waals surface area contributed by atoms with Crippen LogP contribution in [0.1, 0.15) is 26.7 Å². The van der Waals surface area contributed by atoms with Crippen LogP contribution in [0.25, 0.3) is 0 Å². The van der Waals surface area contributed by atoms with Crippen LogP contribution in [0.2, 0.25) is 0 Å². The number of nitrogens with zero attached hydrogens (tertiary/aromatic N) is 1. The van der Waals surface area contributed by atoms with Gasteiger partial charge in [0, 0.05) is 12.6 Å². The summed E-state index contributed by atoms with van der Waals surface area (Å²) in [6.07, 6.45) is 2.10. The predicted octanol–water partition coefficient (Wildman–Crippen LogP) is 0.137. The van der Waals surface area contributed by atoms with E-state index in [1.54, 1.807) is 11.8 Å². The van der Waals surface area contributed by atoms with Crippen molar-refractivity contribution in [2.24, 2.45) is 0 Å². The lowest BCUT2D eigenvalue weighted by Gasteiger charge is -2.21. The van der Waals surface area contributed by atoms with E-state index in [1.165, 1.54) is 0 Å². The van der Waals surface area contributed by atoms with Crippen molar-refractivity contribution in [2.45, 2.75) is 32.7 Å². The highest BCUT2D eigenvalue weighted by molar-refractivity contribution is 5.95. The second-order valence-electron chi connectivity index (χ2n) is 3.64. The summed E-state index contributed by atoms with van der Waals surface area (Å²) >= 11 is 0. The summed E-state index contributed by atoms with van der Waals surface area (Å²) in [5.74, 6) is 4.40. The molecule has 0 bridgehead atoms. The van der Waals surface area contributed by atoms with E-state index in [-0.39, 0.29) is 12.5 Å². The van der Waals surface area contributed by atoms with Gasteiger partial charge in [-0.05, 0) is 32.6 Å². The van der Waals surface area contributed by atoms with Crippen molar-refractivity contribution in [2.75, 3.05) is 13.1 Å². The van der Waals surface area contributed by atoms with Gasteiger partial charge in [0.15, 0.2) is 0 Å². The van der Waals surface area contributed by atoms with Crippen LogP contribution in [0.5, 0.6) is 0 Å². The van der Waals surface area contributed by atoms with Crippen LogP contribution in [0.3, 0.4) is 0 Å². The topological polar surface area (TPSA) is 49.4 Å². The van der Waals surface area contributed by atoms with Crippen LogP contribution >= 0.6 is 0 Å². The van der Waals surface area contributed by atoms with Gasteiger partial charge < -0.3 is 10.2 Å². The monoisotopic (exact) mass is 208 g/mol. The standard InChI is InChI=1S/C11H16N2O2/c1-3-5-10(14)12-8-11(15)13-7-4-6-9(13)2/h9H,4,6-8H2,1-2H3,(H,12,14). The maximum atomic E-state index is 11.6. The molecule has 1 aliphatic rings. The van der Waals surface area contributed by atoms with Crippen LogP contribution < -0.4 is 5.32 Å². The van der Waals surface area contributed by atoms with Gasteiger partial charge in [-0.25, -0.2) is 0 Å². The summed E-state index contributed by atoms with van der Waals surface area (Å²) in [6.45, 7) is 4.47. The number of nitrogens with one attached hydrogen (secondary N) is 1. The molecule has 0 aromatic rings. The molecule has 0 aliphatic carbocycles. The molecule has 2 amide bonds. The van der Waals surface area contributed by atoms with Gasteiger partial charge in [0.2, 0.25) is 5.91 Å². The van der Waals surface area contributed by atoms with Gasteiger partial charge >= 0.3 is 0 Å². The van der Waals surface area contributed by atoms with Gasteiger partial charge in [-0.1, -0.05) is 5.92 Å². The molecule has 0 radical (unpaired) electrons. The van der Waals surface area contributed by atoms with Crippen molar-refractivity contribution < 1.29 is 9.59 Å². The Labute approximate surface area is 90.0 Å². The average Bonchev–Trinajstić information content (AvgIpc) is 2.61. The zero-order chi connectivity index (χ0) is 11.3. The third-order valence-electron chi connectivity index (χ3n) is 2.51. The minimum absolute atomic E-state index is 0.0220. The zero-order valence-corrected chi connectivity index (χ0v) is 9.17. The van der Waals surface area contributed by atoms with Gasteiger partial charge in [0.1, 0.15) is 0 Å². The lowest BCUT2D eigenvalue weighted by molar-refractivity contribution is -0.132. The number of carbonyl (C=O) groups excluding carboxylic acids is 2.